The first kappa shape index (κ1) is 20.8. The molecule has 1 aromatic carbocycles. The number of nitrogens with zero attached hydrogens (tertiary/aromatic N) is 4. The topological polar surface area (TPSA) is 83.3 Å². The van der Waals surface area contributed by atoms with Crippen LogP contribution in [0.5, 0.6) is 0 Å². The monoisotopic (exact) mass is 447 g/mol. The number of para-hydroxylation sites is 1. The van der Waals surface area contributed by atoms with Gasteiger partial charge in [0.1, 0.15) is 4.83 Å². The van der Waals surface area contributed by atoms with E-state index in [0.717, 1.165) is 59.8 Å². The number of likely N-dealkylation sites (tertiary alicyclic amines) is 1. The molecule has 1 saturated heterocycles. The van der Waals surface area contributed by atoms with E-state index in [2.05, 4.69) is 20.3 Å². The van der Waals surface area contributed by atoms with E-state index in [9.17, 15) is 9.90 Å². The second kappa shape index (κ2) is 8.82. The molecule has 0 spiro atoms. The number of pyridine rings is 1. The molecule has 1 fully saturated rings. The Labute approximate surface area is 190 Å². The molecular formula is C24H25N5O2S. The molecule has 2 N–H and O–H groups in total. The predicted octanol–water partition coefficient (Wildman–Crippen LogP) is 4.00. The Morgan fingerprint density at radius 1 is 1.19 bits per heavy atom. The number of aromatic nitrogens is 3. The Kier molecular flexibility index (Phi) is 5.73. The number of benzene rings is 1. The van der Waals surface area contributed by atoms with Crippen LogP contribution in [0.4, 0.5) is 5.69 Å². The lowest BCUT2D eigenvalue weighted by molar-refractivity contribution is 0.0787. The predicted molar refractivity (Wildman–Crippen MR) is 126 cm³/mol. The first-order chi connectivity index (χ1) is 15.6. The third-order valence-electron chi connectivity index (χ3n) is 5.79. The van der Waals surface area contributed by atoms with Gasteiger partial charge >= 0.3 is 0 Å². The molecule has 32 heavy (non-hydrogen) atoms. The van der Waals surface area contributed by atoms with Crippen molar-refractivity contribution in [2.45, 2.75) is 32.4 Å². The van der Waals surface area contributed by atoms with Crippen LogP contribution in [0.25, 0.3) is 15.9 Å². The molecule has 4 heterocycles. The first-order valence-corrected chi connectivity index (χ1v) is 11.6. The van der Waals surface area contributed by atoms with Gasteiger partial charge in [0.25, 0.3) is 5.91 Å². The van der Waals surface area contributed by atoms with Crippen molar-refractivity contribution in [2.75, 3.05) is 18.4 Å². The van der Waals surface area contributed by atoms with E-state index >= 15 is 0 Å². The van der Waals surface area contributed by atoms with Crippen LogP contribution in [0.3, 0.4) is 0 Å². The van der Waals surface area contributed by atoms with E-state index in [-0.39, 0.29) is 12.0 Å². The summed E-state index contributed by atoms with van der Waals surface area (Å²) in [4.78, 5) is 21.3. The van der Waals surface area contributed by atoms with Gasteiger partial charge in [-0.15, -0.1) is 11.3 Å². The SMILES string of the molecule is Cc1nn(-c2ccccc2)c2sc(C(=O)Nc3ccc(CN4CCC(O)CC4)nc3)cc12. The number of carbonyl (C=O) groups excluding carboxylic acids is 1. The van der Waals surface area contributed by atoms with Crippen molar-refractivity contribution in [1.82, 2.24) is 19.7 Å². The van der Waals surface area contributed by atoms with Gasteiger partial charge in [0.2, 0.25) is 0 Å². The normalized spacial score (nSPS) is 15.3. The molecule has 1 amide bonds. The lowest BCUT2D eigenvalue weighted by Gasteiger charge is -2.29. The molecule has 0 atom stereocenters. The number of fused-ring (bicyclic) bond motifs is 1. The molecule has 0 unspecified atom stereocenters. The highest BCUT2D eigenvalue weighted by molar-refractivity contribution is 7.20. The first-order valence-electron chi connectivity index (χ1n) is 10.8. The number of nitrogens with one attached hydrogen (secondary N) is 1. The zero-order valence-corrected chi connectivity index (χ0v) is 18.7. The lowest BCUT2D eigenvalue weighted by Crippen LogP contribution is -2.35. The standard InChI is InChI=1S/C24H25N5O2S/c1-16-21-13-22(32-24(21)29(27-16)19-5-3-2-4-6-19)23(31)26-17-7-8-18(25-14-17)15-28-11-9-20(30)10-12-28/h2-8,13-14,20,30H,9-12,15H2,1H3,(H,26,31). The number of carbonyl (C=O) groups is 1. The van der Waals surface area contributed by atoms with E-state index < -0.39 is 0 Å². The number of hydrogen-bond acceptors (Lipinski definition) is 6. The van der Waals surface area contributed by atoms with Crippen LogP contribution in [-0.2, 0) is 6.54 Å². The Morgan fingerprint density at radius 2 is 1.97 bits per heavy atom. The summed E-state index contributed by atoms with van der Waals surface area (Å²) < 4.78 is 1.89. The van der Waals surface area contributed by atoms with Crippen molar-refractivity contribution >= 4 is 33.1 Å². The fraction of sp³-hybridized carbons (Fsp3) is 0.292. The second-order valence-electron chi connectivity index (χ2n) is 8.16. The summed E-state index contributed by atoms with van der Waals surface area (Å²) in [5.41, 5.74) is 3.50. The van der Waals surface area contributed by atoms with Crippen molar-refractivity contribution in [3.8, 4) is 5.69 Å². The van der Waals surface area contributed by atoms with E-state index in [1.54, 1.807) is 6.20 Å². The fourth-order valence-electron chi connectivity index (χ4n) is 3.99. The summed E-state index contributed by atoms with van der Waals surface area (Å²) in [7, 11) is 0. The highest BCUT2D eigenvalue weighted by Gasteiger charge is 2.19. The van der Waals surface area contributed by atoms with Gasteiger partial charge in [-0.3, -0.25) is 14.7 Å². The summed E-state index contributed by atoms with van der Waals surface area (Å²) >= 11 is 1.43. The number of aryl methyl sites for hydroxylation is 1. The van der Waals surface area contributed by atoms with Crippen LogP contribution in [0, 0.1) is 6.92 Å². The second-order valence-corrected chi connectivity index (χ2v) is 9.19. The highest BCUT2D eigenvalue weighted by Crippen LogP contribution is 2.30. The van der Waals surface area contributed by atoms with Crippen molar-refractivity contribution < 1.29 is 9.90 Å². The zero-order valence-electron chi connectivity index (χ0n) is 17.9. The number of anilines is 1. The molecule has 4 aromatic rings. The number of hydrogen-bond donors (Lipinski definition) is 2. The van der Waals surface area contributed by atoms with Crippen molar-refractivity contribution in [2.24, 2.45) is 0 Å². The minimum Gasteiger partial charge on any atom is -0.393 e. The van der Waals surface area contributed by atoms with Gasteiger partial charge in [0.15, 0.2) is 0 Å². The van der Waals surface area contributed by atoms with Gasteiger partial charge in [-0.05, 0) is 50.1 Å². The summed E-state index contributed by atoms with van der Waals surface area (Å²) in [6, 6.07) is 15.7. The molecule has 1 aliphatic heterocycles. The van der Waals surface area contributed by atoms with Crippen LogP contribution in [0.2, 0.25) is 0 Å². The molecule has 7 nitrogen and oxygen atoms in total. The van der Waals surface area contributed by atoms with E-state index in [1.807, 2.05) is 60.1 Å². The molecule has 5 rings (SSSR count). The van der Waals surface area contributed by atoms with Gasteiger partial charge in [0, 0.05) is 25.0 Å². The van der Waals surface area contributed by atoms with Crippen molar-refractivity contribution in [3.05, 3.63) is 71.0 Å². The smallest absolute Gasteiger partial charge is 0.265 e. The number of piperidine rings is 1. The molecule has 0 saturated carbocycles. The van der Waals surface area contributed by atoms with Gasteiger partial charge in [-0.2, -0.15) is 5.10 Å². The fourth-order valence-corrected chi connectivity index (χ4v) is 5.07. The average Bonchev–Trinajstić information content (AvgIpc) is 3.38. The average molecular weight is 448 g/mol. The maximum Gasteiger partial charge on any atom is 0.265 e. The summed E-state index contributed by atoms with van der Waals surface area (Å²) in [6.07, 6.45) is 3.15. The van der Waals surface area contributed by atoms with Gasteiger partial charge in [0.05, 0.1) is 39.9 Å². The van der Waals surface area contributed by atoms with E-state index in [0.29, 0.717) is 10.6 Å². The zero-order chi connectivity index (χ0) is 22.1. The minimum absolute atomic E-state index is 0.148. The Balaban J connectivity index is 1.29. The molecular weight excluding hydrogens is 422 g/mol. The summed E-state index contributed by atoms with van der Waals surface area (Å²) in [6.45, 7) is 4.48. The van der Waals surface area contributed by atoms with Crippen LogP contribution in [-0.4, -0.2) is 49.9 Å². The van der Waals surface area contributed by atoms with Gasteiger partial charge in [-0.25, -0.2) is 4.68 Å². The van der Waals surface area contributed by atoms with Crippen LogP contribution >= 0.6 is 11.3 Å². The molecule has 1 aliphatic rings. The molecule has 164 valence electrons. The largest absolute Gasteiger partial charge is 0.393 e. The number of aliphatic hydroxyl groups is 1. The lowest BCUT2D eigenvalue weighted by atomic mass is 10.1. The number of rotatable bonds is 5. The summed E-state index contributed by atoms with van der Waals surface area (Å²) in [5.74, 6) is -0.148. The molecule has 3 aromatic heterocycles. The van der Waals surface area contributed by atoms with Crippen LogP contribution in [0.1, 0.15) is 33.9 Å². The molecule has 0 radical (unpaired) electrons. The number of aliphatic hydroxyl groups excluding tert-OH is 1. The van der Waals surface area contributed by atoms with E-state index in [4.69, 9.17) is 0 Å². The number of amides is 1. The van der Waals surface area contributed by atoms with Crippen molar-refractivity contribution in [3.63, 3.8) is 0 Å². The third-order valence-corrected chi connectivity index (χ3v) is 6.90. The van der Waals surface area contributed by atoms with Gasteiger partial charge < -0.3 is 10.4 Å². The Bertz CT molecular complexity index is 1220. The molecule has 8 heteroatoms. The van der Waals surface area contributed by atoms with Crippen LogP contribution in [0.15, 0.2) is 54.7 Å². The Morgan fingerprint density at radius 3 is 2.69 bits per heavy atom. The Hall–Kier alpha value is -3.07. The highest BCUT2D eigenvalue weighted by atomic mass is 32.1. The third kappa shape index (κ3) is 4.29. The molecule has 0 bridgehead atoms. The maximum absolute atomic E-state index is 12.9. The van der Waals surface area contributed by atoms with Crippen molar-refractivity contribution in [1.29, 1.82) is 0 Å². The number of thiophene rings is 1. The van der Waals surface area contributed by atoms with Crippen LogP contribution < -0.4 is 5.32 Å². The minimum atomic E-state index is -0.176. The molecule has 0 aliphatic carbocycles. The van der Waals surface area contributed by atoms with Gasteiger partial charge in [-0.1, -0.05) is 18.2 Å². The quantitative estimate of drug-likeness (QED) is 0.483. The van der Waals surface area contributed by atoms with E-state index in [1.165, 1.54) is 11.3 Å². The maximum atomic E-state index is 12.9. The summed E-state index contributed by atoms with van der Waals surface area (Å²) in [5, 5.41) is 18.2.